The van der Waals surface area contributed by atoms with E-state index >= 15 is 0 Å². The van der Waals surface area contributed by atoms with Gasteiger partial charge in [0.25, 0.3) is 5.91 Å². The summed E-state index contributed by atoms with van der Waals surface area (Å²) < 4.78 is 6.15. The maximum absolute atomic E-state index is 12.3. The molecule has 18 heavy (non-hydrogen) atoms. The van der Waals surface area contributed by atoms with Crippen molar-refractivity contribution in [3.8, 4) is 0 Å². The zero-order chi connectivity index (χ0) is 13.1. The first kappa shape index (κ1) is 12.2. The number of nitrogens with one attached hydrogen (secondary N) is 1. The largest absolute Gasteiger partial charge is 0.360 e. The molecule has 0 radical (unpaired) electrons. The van der Waals surface area contributed by atoms with Crippen LogP contribution in [0.1, 0.15) is 27.2 Å². The van der Waals surface area contributed by atoms with Gasteiger partial charge in [-0.25, -0.2) is 0 Å². The van der Waals surface area contributed by atoms with Crippen LogP contribution < -0.4 is 5.32 Å². The highest BCUT2D eigenvalue weighted by molar-refractivity contribution is 5.87. The third kappa shape index (κ3) is 1.42. The van der Waals surface area contributed by atoms with Crippen molar-refractivity contribution in [2.24, 2.45) is 11.8 Å². The van der Waals surface area contributed by atoms with Crippen molar-refractivity contribution >= 4 is 5.91 Å². The van der Waals surface area contributed by atoms with E-state index in [1.54, 1.807) is 4.90 Å². The van der Waals surface area contributed by atoms with Crippen LogP contribution in [0.2, 0.25) is 0 Å². The van der Waals surface area contributed by atoms with Crippen molar-refractivity contribution in [3.63, 3.8) is 0 Å². The molecular weight excluding hydrogens is 228 g/mol. The quantitative estimate of drug-likeness (QED) is 0.758. The zero-order valence-corrected chi connectivity index (χ0v) is 11.4. The Labute approximate surface area is 108 Å². The highest BCUT2D eigenvalue weighted by Crippen LogP contribution is 2.48. The van der Waals surface area contributed by atoms with Gasteiger partial charge >= 0.3 is 0 Å². The predicted molar refractivity (Wildman–Crippen MR) is 68.9 cm³/mol. The first-order valence-electron chi connectivity index (χ1n) is 6.89. The monoisotopic (exact) mass is 250 g/mol. The second-order valence-electron chi connectivity index (χ2n) is 6.15. The third-order valence-corrected chi connectivity index (χ3v) is 4.74. The number of carbonyl (C=O) groups excluding carboxylic acids is 1. The van der Waals surface area contributed by atoms with Crippen molar-refractivity contribution in [2.45, 2.75) is 44.9 Å². The summed E-state index contributed by atoms with van der Waals surface area (Å²) in [5, 5.41) is 3.57. The average molecular weight is 250 g/mol. The van der Waals surface area contributed by atoms with Gasteiger partial charge in [-0.3, -0.25) is 4.79 Å². The molecule has 0 aromatic heterocycles. The Hall–Kier alpha value is -0.870. The molecule has 3 rings (SSSR count). The molecule has 3 aliphatic rings. The molecule has 4 nitrogen and oxygen atoms in total. The molecule has 4 heteroatoms. The summed E-state index contributed by atoms with van der Waals surface area (Å²) in [4.78, 5) is 14.1. The number of nitrogens with zero attached hydrogens (tertiary/aromatic N) is 1. The molecule has 0 bridgehead atoms. The Bertz CT molecular complexity index is 409. The van der Waals surface area contributed by atoms with E-state index in [9.17, 15) is 4.79 Å². The first-order valence-corrected chi connectivity index (χ1v) is 6.89. The van der Waals surface area contributed by atoms with Gasteiger partial charge in [0.1, 0.15) is 6.10 Å². The molecule has 3 saturated heterocycles. The van der Waals surface area contributed by atoms with Crippen LogP contribution in [0.15, 0.2) is 12.3 Å². The van der Waals surface area contributed by atoms with Crippen LogP contribution in [-0.4, -0.2) is 41.6 Å². The van der Waals surface area contributed by atoms with E-state index in [-0.39, 0.29) is 29.6 Å². The van der Waals surface area contributed by atoms with E-state index in [1.807, 2.05) is 6.92 Å². The smallest absolute Gasteiger partial charge is 0.256 e. The lowest BCUT2D eigenvalue weighted by molar-refractivity contribution is -0.143. The lowest BCUT2D eigenvalue weighted by Crippen LogP contribution is -2.56. The van der Waals surface area contributed by atoms with Crippen LogP contribution in [0, 0.1) is 11.8 Å². The summed E-state index contributed by atoms with van der Waals surface area (Å²) in [6, 6.07) is 0.228. The molecule has 3 heterocycles. The van der Waals surface area contributed by atoms with Gasteiger partial charge in [-0.15, -0.1) is 0 Å². The number of ether oxygens (including phenoxy) is 1. The number of hydrogen-bond acceptors (Lipinski definition) is 3. The topological polar surface area (TPSA) is 41.6 Å². The minimum atomic E-state index is -0.315. The number of likely N-dealkylation sites (N-methyl/N-ethyl adjacent to an activating group) is 1. The summed E-state index contributed by atoms with van der Waals surface area (Å²) in [7, 11) is 0. The standard InChI is InChI=1S/C14H22N2O2/c1-5-16-9(3)10-11(13(16)17)18-14(4)6-8(2)7-15-12(10)14/h8,10-12,15H,3,5-7H2,1-2,4H3/t8-,10?,11-,12-,14-/m0/s1. The second-order valence-corrected chi connectivity index (χ2v) is 6.15. The van der Waals surface area contributed by atoms with Gasteiger partial charge in [-0.05, 0) is 32.7 Å². The lowest BCUT2D eigenvalue weighted by atomic mass is 9.78. The van der Waals surface area contributed by atoms with Crippen molar-refractivity contribution in [1.82, 2.24) is 10.2 Å². The van der Waals surface area contributed by atoms with E-state index in [1.165, 1.54) is 0 Å². The molecular formula is C14H22N2O2. The van der Waals surface area contributed by atoms with Gasteiger partial charge in [0, 0.05) is 18.3 Å². The van der Waals surface area contributed by atoms with Crippen LogP contribution in [-0.2, 0) is 9.53 Å². The Morgan fingerprint density at radius 1 is 1.61 bits per heavy atom. The number of carbonyl (C=O) groups is 1. The average Bonchev–Trinajstić information content (AvgIpc) is 2.71. The van der Waals surface area contributed by atoms with Crippen LogP contribution in [0.5, 0.6) is 0 Å². The SMILES string of the molecule is C=C1C2[C@H](O[C@@]3(C)C[C@H](C)CN[C@@H]23)C(=O)N1CC. The van der Waals surface area contributed by atoms with Crippen molar-refractivity contribution in [1.29, 1.82) is 0 Å². The summed E-state index contributed by atoms with van der Waals surface area (Å²) in [5.74, 6) is 0.809. The number of rotatable bonds is 1. The molecule has 1 unspecified atom stereocenters. The minimum Gasteiger partial charge on any atom is -0.360 e. The molecule has 0 saturated carbocycles. The van der Waals surface area contributed by atoms with E-state index in [2.05, 4.69) is 25.7 Å². The lowest BCUT2D eigenvalue weighted by Gasteiger charge is -2.41. The van der Waals surface area contributed by atoms with Gasteiger partial charge in [0.05, 0.1) is 11.5 Å². The Morgan fingerprint density at radius 3 is 3.00 bits per heavy atom. The molecule has 3 fully saturated rings. The maximum Gasteiger partial charge on any atom is 0.256 e. The number of likely N-dealkylation sites (tertiary alicyclic amines) is 1. The fourth-order valence-corrected chi connectivity index (χ4v) is 4.01. The van der Waals surface area contributed by atoms with E-state index < -0.39 is 0 Å². The number of amides is 1. The molecule has 0 aromatic rings. The minimum absolute atomic E-state index is 0.0950. The predicted octanol–water partition coefficient (Wildman–Crippen LogP) is 1.13. The Morgan fingerprint density at radius 2 is 2.33 bits per heavy atom. The maximum atomic E-state index is 12.3. The van der Waals surface area contributed by atoms with Gasteiger partial charge in [-0.1, -0.05) is 13.5 Å². The van der Waals surface area contributed by atoms with Crippen molar-refractivity contribution in [3.05, 3.63) is 12.3 Å². The molecule has 0 aliphatic carbocycles. The van der Waals surface area contributed by atoms with Crippen LogP contribution in [0.25, 0.3) is 0 Å². The van der Waals surface area contributed by atoms with E-state index in [4.69, 9.17) is 4.74 Å². The van der Waals surface area contributed by atoms with Gasteiger partial charge in [0.15, 0.2) is 0 Å². The molecule has 1 N–H and O–H groups in total. The highest BCUT2D eigenvalue weighted by atomic mass is 16.5. The number of hydrogen-bond donors (Lipinski definition) is 1. The zero-order valence-electron chi connectivity index (χ0n) is 11.4. The van der Waals surface area contributed by atoms with E-state index in [0.29, 0.717) is 12.5 Å². The summed E-state index contributed by atoms with van der Waals surface area (Å²) >= 11 is 0. The van der Waals surface area contributed by atoms with Gasteiger partial charge < -0.3 is 15.0 Å². The molecule has 1 amide bonds. The van der Waals surface area contributed by atoms with E-state index in [0.717, 1.165) is 18.7 Å². The second kappa shape index (κ2) is 3.81. The molecule has 5 atom stereocenters. The molecule has 100 valence electrons. The summed E-state index contributed by atoms with van der Waals surface area (Å²) in [6.45, 7) is 12.2. The highest BCUT2D eigenvalue weighted by Gasteiger charge is 2.61. The van der Waals surface area contributed by atoms with Crippen LogP contribution >= 0.6 is 0 Å². The molecule has 3 aliphatic heterocycles. The Balaban J connectivity index is 1.93. The Kier molecular flexibility index (Phi) is 2.58. The first-order chi connectivity index (χ1) is 8.48. The van der Waals surface area contributed by atoms with Gasteiger partial charge in [-0.2, -0.15) is 0 Å². The van der Waals surface area contributed by atoms with Crippen LogP contribution in [0.3, 0.4) is 0 Å². The third-order valence-electron chi connectivity index (χ3n) is 4.74. The fourth-order valence-electron chi connectivity index (χ4n) is 4.01. The summed E-state index contributed by atoms with van der Waals surface area (Å²) in [6.07, 6.45) is 0.704. The van der Waals surface area contributed by atoms with Crippen molar-refractivity contribution in [2.75, 3.05) is 13.1 Å². The normalized spacial score (nSPS) is 47.4. The number of piperidine rings is 1. The van der Waals surface area contributed by atoms with Crippen molar-refractivity contribution < 1.29 is 9.53 Å². The van der Waals surface area contributed by atoms with Crippen LogP contribution in [0.4, 0.5) is 0 Å². The molecule has 0 spiro atoms. The summed E-state index contributed by atoms with van der Waals surface area (Å²) in [5.41, 5.74) is 0.717. The number of fused-ring (bicyclic) bond motifs is 3. The molecule has 0 aromatic carbocycles. The van der Waals surface area contributed by atoms with Gasteiger partial charge in [0.2, 0.25) is 0 Å². The fraction of sp³-hybridized carbons (Fsp3) is 0.786.